The number of carbonyl (C=O) groups is 2. The Morgan fingerprint density at radius 3 is 2.69 bits per heavy atom. The molecule has 3 aromatic rings. The molecule has 4 rings (SSSR count). The number of benzene rings is 1. The predicted octanol–water partition coefficient (Wildman–Crippen LogP) is 3.73. The van der Waals surface area contributed by atoms with Crippen LogP contribution in [0.3, 0.4) is 0 Å². The molecule has 0 saturated carbocycles. The van der Waals surface area contributed by atoms with Crippen LogP contribution in [0, 0.1) is 0 Å². The number of halogens is 1. The number of likely N-dealkylation sites (tertiary alicyclic amines) is 1. The highest BCUT2D eigenvalue weighted by atomic mass is 35.5. The summed E-state index contributed by atoms with van der Waals surface area (Å²) < 4.78 is 5.71. The summed E-state index contributed by atoms with van der Waals surface area (Å²) in [7, 11) is 0. The van der Waals surface area contributed by atoms with Crippen molar-refractivity contribution in [2.24, 2.45) is 0 Å². The highest BCUT2D eigenvalue weighted by molar-refractivity contribution is 7.09. The molecule has 1 fully saturated rings. The maximum Gasteiger partial charge on any atom is 0.253 e. The van der Waals surface area contributed by atoms with Gasteiger partial charge in [0.05, 0.1) is 17.7 Å². The first-order chi connectivity index (χ1) is 15.6. The maximum absolute atomic E-state index is 12.7. The van der Waals surface area contributed by atoms with Crippen LogP contribution >= 0.6 is 22.9 Å². The molecule has 1 saturated heterocycles. The number of hydrogen-bond acceptors (Lipinski definition) is 6. The molecular formula is C23H23ClN4O3S. The van der Waals surface area contributed by atoms with Crippen LogP contribution in [0.1, 0.15) is 33.9 Å². The largest absolute Gasteiger partial charge is 0.486 e. The van der Waals surface area contributed by atoms with Crippen LogP contribution in [0.4, 0.5) is 0 Å². The van der Waals surface area contributed by atoms with E-state index in [0.29, 0.717) is 30.3 Å². The lowest BCUT2D eigenvalue weighted by molar-refractivity contribution is -0.131. The minimum atomic E-state index is -0.126. The van der Waals surface area contributed by atoms with Crippen molar-refractivity contribution >= 4 is 34.8 Å². The summed E-state index contributed by atoms with van der Waals surface area (Å²) in [5.74, 6) is 0.650. The van der Waals surface area contributed by atoms with E-state index in [1.165, 1.54) is 11.3 Å². The third kappa shape index (κ3) is 6.05. The smallest absolute Gasteiger partial charge is 0.253 e. The lowest BCUT2D eigenvalue weighted by Crippen LogP contribution is -2.47. The van der Waals surface area contributed by atoms with Crippen LogP contribution < -0.4 is 10.1 Å². The zero-order valence-corrected chi connectivity index (χ0v) is 18.9. The number of aromatic nitrogens is 2. The molecule has 2 aromatic heterocycles. The lowest BCUT2D eigenvalue weighted by Gasteiger charge is -2.32. The fourth-order valence-corrected chi connectivity index (χ4v) is 4.31. The predicted molar refractivity (Wildman–Crippen MR) is 123 cm³/mol. The van der Waals surface area contributed by atoms with E-state index >= 15 is 0 Å². The second-order valence-electron chi connectivity index (χ2n) is 7.52. The minimum Gasteiger partial charge on any atom is -0.486 e. The van der Waals surface area contributed by atoms with Crippen LogP contribution in [-0.2, 0) is 17.8 Å². The van der Waals surface area contributed by atoms with Gasteiger partial charge in [-0.15, -0.1) is 11.3 Å². The molecule has 7 nitrogen and oxygen atoms in total. The number of carbonyl (C=O) groups excluding carboxylic acids is 2. The van der Waals surface area contributed by atoms with Gasteiger partial charge in [0.1, 0.15) is 17.4 Å². The summed E-state index contributed by atoms with van der Waals surface area (Å²) in [4.78, 5) is 35.3. The summed E-state index contributed by atoms with van der Waals surface area (Å²) in [5, 5.41) is 6.41. The fraction of sp³-hybridized carbons (Fsp3) is 0.304. The van der Waals surface area contributed by atoms with Crippen LogP contribution in [-0.4, -0.2) is 45.8 Å². The van der Waals surface area contributed by atoms with E-state index in [4.69, 9.17) is 16.3 Å². The van der Waals surface area contributed by atoms with E-state index in [2.05, 4.69) is 15.3 Å². The topological polar surface area (TPSA) is 84.4 Å². The summed E-state index contributed by atoms with van der Waals surface area (Å²) in [6.07, 6.45) is 4.92. The van der Waals surface area contributed by atoms with E-state index < -0.39 is 0 Å². The molecule has 0 bridgehead atoms. The number of nitrogens with zero attached hydrogens (tertiary/aromatic N) is 3. The average Bonchev–Trinajstić information content (AvgIpc) is 3.27. The summed E-state index contributed by atoms with van der Waals surface area (Å²) in [6.45, 7) is 1.59. The van der Waals surface area contributed by atoms with Crippen molar-refractivity contribution in [2.45, 2.75) is 31.9 Å². The van der Waals surface area contributed by atoms with Gasteiger partial charge in [0, 0.05) is 41.9 Å². The number of piperidine rings is 1. The molecular weight excluding hydrogens is 448 g/mol. The molecule has 1 aliphatic heterocycles. The molecule has 0 unspecified atom stereocenters. The van der Waals surface area contributed by atoms with Crippen molar-refractivity contribution in [1.82, 2.24) is 20.2 Å². The summed E-state index contributed by atoms with van der Waals surface area (Å²) >= 11 is 7.36. The van der Waals surface area contributed by atoms with Gasteiger partial charge in [-0.2, -0.15) is 0 Å². The summed E-state index contributed by atoms with van der Waals surface area (Å²) in [5.41, 5.74) is 1.30. The number of hydrogen-bond donors (Lipinski definition) is 1. The van der Waals surface area contributed by atoms with Crippen LogP contribution in [0.2, 0.25) is 5.02 Å². The first-order valence-corrected chi connectivity index (χ1v) is 11.6. The van der Waals surface area contributed by atoms with Crippen molar-refractivity contribution in [3.63, 3.8) is 0 Å². The van der Waals surface area contributed by atoms with E-state index in [9.17, 15) is 9.59 Å². The van der Waals surface area contributed by atoms with Gasteiger partial charge in [-0.1, -0.05) is 11.6 Å². The molecule has 0 radical (unpaired) electrons. The Bertz CT molecular complexity index is 1050. The van der Waals surface area contributed by atoms with Crippen LogP contribution in [0.25, 0.3) is 0 Å². The molecule has 1 aliphatic rings. The number of thiazole rings is 1. The van der Waals surface area contributed by atoms with Gasteiger partial charge in [-0.3, -0.25) is 14.6 Å². The first-order valence-electron chi connectivity index (χ1n) is 10.4. The number of rotatable bonds is 7. The Hall–Kier alpha value is -2.97. The van der Waals surface area contributed by atoms with Gasteiger partial charge in [-0.05, 0) is 49.2 Å². The van der Waals surface area contributed by atoms with E-state index in [1.54, 1.807) is 36.7 Å². The Balaban J connectivity index is 1.21. The third-order valence-electron chi connectivity index (χ3n) is 5.21. The summed E-state index contributed by atoms with van der Waals surface area (Å²) in [6, 6.07) is 10.7. The van der Waals surface area contributed by atoms with Crippen molar-refractivity contribution in [1.29, 1.82) is 0 Å². The molecule has 0 spiro atoms. The quantitative estimate of drug-likeness (QED) is 0.568. The van der Waals surface area contributed by atoms with Gasteiger partial charge in [-0.25, -0.2) is 4.98 Å². The molecule has 0 atom stereocenters. The molecule has 9 heteroatoms. The van der Waals surface area contributed by atoms with Crippen molar-refractivity contribution in [3.05, 3.63) is 75.5 Å². The number of amides is 2. The second kappa shape index (κ2) is 10.6. The van der Waals surface area contributed by atoms with Crippen molar-refractivity contribution in [2.75, 3.05) is 13.1 Å². The molecule has 166 valence electrons. The zero-order chi connectivity index (χ0) is 22.3. The van der Waals surface area contributed by atoms with Gasteiger partial charge < -0.3 is 15.0 Å². The van der Waals surface area contributed by atoms with Crippen molar-refractivity contribution < 1.29 is 14.3 Å². The molecule has 3 heterocycles. The molecule has 1 aromatic carbocycles. The van der Waals surface area contributed by atoms with E-state index in [1.807, 2.05) is 22.4 Å². The third-order valence-corrected chi connectivity index (χ3v) is 6.34. The number of ether oxygens (including phenoxy) is 1. The number of pyridine rings is 1. The van der Waals surface area contributed by atoms with Crippen LogP contribution in [0.5, 0.6) is 5.75 Å². The SMILES string of the molecule is O=C(NC1CCN(C(=O)Cc2csc(COc3ccc(Cl)cc3)n2)CC1)c1cccnc1. The van der Waals surface area contributed by atoms with E-state index in [0.717, 1.165) is 29.3 Å². The second-order valence-corrected chi connectivity index (χ2v) is 8.90. The van der Waals surface area contributed by atoms with Crippen LogP contribution in [0.15, 0.2) is 54.2 Å². The fourth-order valence-electron chi connectivity index (χ4n) is 3.48. The highest BCUT2D eigenvalue weighted by Crippen LogP contribution is 2.19. The maximum atomic E-state index is 12.7. The first kappa shape index (κ1) is 22.2. The van der Waals surface area contributed by atoms with Gasteiger partial charge in [0.25, 0.3) is 5.91 Å². The monoisotopic (exact) mass is 470 g/mol. The molecule has 2 amide bonds. The highest BCUT2D eigenvalue weighted by Gasteiger charge is 2.24. The number of nitrogens with one attached hydrogen (secondary N) is 1. The standard InChI is InChI=1S/C23H23ClN4O3S/c24-17-3-5-20(6-4-17)31-14-21-26-19(15-32-21)12-22(29)28-10-7-18(8-11-28)27-23(30)16-2-1-9-25-13-16/h1-6,9,13,15,18H,7-8,10-12,14H2,(H,27,30). The Labute approximate surface area is 195 Å². The van der Waals surface area contributed by atoms with Gasteiger partial charge >= 0.3 is 0 Å². The minimum absolute atomic E-state index is 0.0532. The van der Waals surface area contributed by atoms with Gasteiger partial charge in [0.15, 0.2) is 0 Å². The Kier molecular flexibility index (Phi) is 7.34. The molecule has 32 heavy (non-hydrogen) atoms. The van der Waals surface area contributed by atoms with E-state index in [-0.39, 0.29) is 24.3 Å². The lowest BCUT2D eigenvalue weighted by atomic mass is 10.0. The average molecular weight is 471 g/mol. The Morgan fingerprint density at radius 1 is 1.19 bits per heavy atom. The normalized spacial score (nSPS) is 14.2. The zero-order valence-electron chi connectivity index (χ0n) is 17.4. The van der Waals surface area contributed by atoms with Gasteiger partial charge in [0.2, 0.25) is 5.91 Å². The molecule has 1 N–H and O–H groups in total. The Morgan fingerprint density at radius 2 is 1.97 bits per heavy atom. The molecule has 0 aliphatic carbocycles. The van der Waals surface area contributed by atoms with Crippen molar-refractivity contribution in [3.8, 4) is 5.75 Å².